The number of nitrogens with one attached hydrogen (secondary N) is 1. The van der Waals surface area contributed by atoms with Gasteiger partial charge in [0.25, 0.3) is 5.91 Å². The van der Waals surface area contributed by atoms with E-state index in [4.69, 9.17) is 9.84 Å². The number of aromatic nitrogens is 1. The van der Waals surface area contributed by atoms with Crippen LogP contribution >= 0.6 is 15.9 Å². The second-order valence-corrected chi connectivity index (χ2v) is 6.05. The number of carboxylic acid groups (broad SMARTS) is 1. The van der Waals surface area contributed by atoms with Crippen molar-refractivity contribution < 1.29 is 24.5 Å². The Bertz CT molecular complexity index is 992. The fourth-order valence-corrected chi connectivity index (χ4v) is 2.83. The van der Waals surface area contributed by atoms with Crippen molar-refractivity contribution in [3.63, 3.8) is 0 Å². The van der Waals surface area contributed by atoms with Crippen molar-refractivity contribution in [3.05, 3.63) is 58.8 Å². The average Bonchev–Trinajstić information content (AvgIpc) is 2.63. The van der Waals surface area contributed by atoms with Gasteiger partial charge in [-0.25, -0.2) is 4.98 Å². The van der Waals surface area contributed by atoms with Crippen LogP contribution in [0, 0.1) is 0 Å². The van der Waals surface area contributed by atoms with Crippen molar-refractivity contribution in [1.82, 2.24) is 10.3 Å². The molecule has 0 aliphatic carbocycles. The number of fused-ring (bicyclic) bond motifs is 1. The molecule has 0 aliphatic heterocycles. The number of amides is 1. The van der Waals surface area contributed by atoms with Gasteiger partial charge in [-0.3, -0.25) is 9.59 Å². The van der Waals surface area contributed by atoms with Crippen LogP contribution in [-0.2, 0) is 4.79 Å². The zero-order valence-corrected chi connectivity index (χ0v) is 14.9. The first-order valence-corrected chi connectivity index (χ1v) is 8.30. The number of hydrogen-bond donors (Lipinski definition) is 3. The third kappa shape index (κ3) is 3.75. The highest BCUT2D eigenvalue weighted by molar-refractivity contribution is 9.10. The summed E-state index contributed by atoms with van der Waals surface area (Å²) in [6, 6.07) is 14.1. The van der Waals surface area contributed by atoms with E-state index in [0.717, 1.165) is 0 Å². The molecule has 3 aromatic rings. The molecule has 0 radical (unpaired) electrons. The molecular weight excluding hydrogens is 404 g/mol. The quantitative estimate of drug-likeness (QED) is 0.550. The number of para-hydroxylation sites is 1. The minimum absolute atomic E-state index is 0.262. The summed E-state index contributed by atoms with van der Waals surface area (Å²) in [5.41, 5.74) is -0.262. The van der Waals surface area contributed by atoms with Crippen molar-refractivity contribution in [1.29, 1.82) is 0 Å². The largest absolute Gasteiger partial charge is 0.505 e. The minimum atomic E-state index is -1.19. The number of ether oxygens (including phenoxy) is 1. The Morgan fingerprint density at radius 3 is 2.50 bits per heavy atom. The molecule has 8 heteroatoms. The number of halogens is 1. The maximum absolute atomic E-state index is 12.0. The summed E-state index contributed by atoms with van der Waals surface area (Å²) in [6.07, 6.45) is 0. The third-order valence-electron chi connectivity index (χ3n) is 3.50. The first kappa shape index (κ1) is 17.7. The van der Waals surface area contributed by atoms with Crippen molar-refractivity contribution in [2.24, 2.45) is 0 Å². The second-order valence-electron chi connectivity index (χ2n) is 5.30. The number of rotatable bonds is 5. The standard InChI is InChI=1S/C18H13BrN2O5/c19-17-13-8-11(26-10-4-2-1-3-5-10)6-7-12(13)16(24)15(21-17)18(25)20-9-14(22)23/h1-8,24H,9H2,(H,20,25)(H,22,23). The fourth-order valence-electron chi connectivity index (χ4n) is 2.33. The fraction of sp³-hybridized carbons (Fsp3) is 0.0556. The normalized spacial score (nSPS) is 10.5. The molecule has 0 saturated carbocycles. The number of hydrogen-bond acceptors (Lipinski definition) is 5. The SMILES string of the molecule is O=C(O)CNC(=O)c1nc(Br)c2cc(Oc3ccccc3)ccc2c1O. The summed E-state index contributed by atoms with van der Waals surface area (Å²) in [6.45, 7) is -0.570. The average molecular weight is 417 g/mol. The summed E-state index contributed by atoms with van der Waals surface area (Å²) < 4.78 is 6.07. The summed E-state index contributed by atoms with van der Waals surface area (Å²) in [7, 11) is 0. The number of pyridine rings is 1. The highest BCUT2D eigenvalue weighted by Crippen LogP contribution is 2.35. The van der Waals surface area contributed by atoms with Crippen LogP contribution in [0.2, 0.25) is 0 Å². The van der Waals surface area contributed by atoms with Gasteiger partial charge < -0.3 is 20.3 Å². The van der Waals surface area contributed by atoms with Gasteiger partial charge in [-0.05, 0) is 46.3 Å². The molecule has 132 valence electrons. The van der Waals surface area contributed by atoms with Gasteiger partial charge in [0.15, 0.2) is 11.4 Å². The molecule has 1 aromatic heterocycles. The van der Waals surface area contributed by atoms with Gasteiger partial charge >= 0.3 is 5.97 Å². The van der Waals surface area contributed by atoms with Crippen molar-refractivity contribution in [3.8, 4) is 17.2 Å². The molecule has 26 heavy (non-hydrogen) atoms. The lowest BCUT2D eigenvalue weighted by Crippen LogP contribution is -2.30. The molecule has 1 heterocycles. The Balaban J connectivity index is 1.96. The number of carbonyl (C=O) groups is 2. The summed E-state index contributed by atoms with van der Waals surface area (Å²) in [5.74, 6) is -1.12. The van der Waals surface area contributed by atoms with Crippen LogP contribution in [0.1, 0.15) is 10.5 Å². The summed E-state index contributed by atoms with van der Waals surface area (Å²) in [4.78, 5) is 26.6. The van der Waals surface area contributed by atoms with E-state index in [0.29, 0.717) is 26.9 Å². The predicted molar refractivity (Wildman–Crippen MR) is 97.6 cm³/mol. The Hall–Kier alpha value is -3.13. The van der Waals surface area contributed by atoms with Crippen molar-refractivity contribution >= 4 is 38.6 Å². The molecule has 0 bridgehead atoms. The van der Waals surface area contributed by atoms with Gasteiger partial charge in [0, 0.05) is 10.8 Å². The molecule has 2 aromatic carbocycles. The highest BCUT2D eigenvalue weighted by Gasteiger charge is 2.19. The molecule has 0 fully saturated rings. The van der Waals surface area contributed by atoms with E-state index in [9.17, 15) is 14.7 Å². The van der Waals surface area contributed by atoms with E-state index in [1.807, 2.05) is 30.3 Å². The molecule has 0 aliphatic rings. The van der Waals surface area contributed by atoms with Crippen LogP contribution in [0.4, 0.5) is 0 Å². The number of aliphatic carboxylic acids is 1. The first-order chi connectivity index (χ1) is 12.5. The zero-order chi connectivity index (χ0) is 18.7. The number of nitrogens with zero attached hydrogens (tertiary/aromatic N) is 1. The Kier molecular flexibility index (Phi) is 5.04. The molecule has 0 atom stereocenters. The van der Waals surface area contributed by atoms with E-state index in [1.54, 1.807) is 18.2 Å². The van der Waals surface area contributed by atoms with E-state index in [1.165, 1.54) is 0 Å². The highest BCUT2D eigenvalue weighted by atomic mass is 79.9. The predicted octanol–water partition coefficient (Wildman–Crippen LogP) is 3.31. The molecule has 0 spiro atoms. The van der Waals surface area contributed by atoms with Gasteiger partial charge in [-0.1, -0.05) is 18.2 Å². The van der Waals surface area contributed by atoms with Crippen LogP contribution in [0.25, 0.3) is 10.8 Å². The lowest BCUT2D eigenvalue weighted by atomic mass is 10.1. The molecule has 3 N–H and O–H groups in total. The van der Waals surface area contributed by atoms with Crippen LogP contribution in [0.3, 0.4) is 0 Å². The van der Waals surface area contributed by atoms with Crippen LogP contribution in [0.5, 0.6) is 17.2 Å². The topological polar surface area (TPSA) is 109 Å². The monoisotopic (exact) mass is 416 g/mol. The van der Waals surface area contributed by atoms with Gasteiger partial charge in [0.2, 0.25) is 0 Å². The van der Waals surface area contributed by atoms with E-state index in [-0.39, 0.29) is 11.4 Å². The number of carbonyl (C=O) groups excluding carboxylic acids is 1. The van der Waals surface area contributed by atoms with E-state index in [2.05, 4.69) is 26.2 Å². The molecular formula is C18H13BrN2O5. The zero-order valence-electron chi connectivity index (χ0n) is 13.3. The molecule has 1 amide bonds. The van der Waals surface area contributed by atoms with Gasteiger partial charge in [0.05, 0.1) is 0 Å². The van der Waals surface area contributed by atoms with Gasteiger partial charge in [-0.2, -0.15) is 0 Å². The molecule has 3 rings (SSSR count). The third-order valence-corrected chi connectivity index (χ3v) is 4.10. The molecule has 7 nitrogen and oxygen atoms in total. The van der Waals surface area contributed by atoms with Crippen LogP contribution < -0.4 is 10.1 Å². The van der Waals surface area contributed by atoms with E-state index < -0.39 is 18.4 Å². The van der Waals surface area contributed by atoms with Crippen LogP contribution in [0.15, 0.2) is 53.1 Å². The lowest BCUT2D eigenvalue weighted by molar-refractivity contribution is -0.135. The Morgan fingerprint density at radius 1 is 1.08 bits per heavy atom. The van der Waals surface area contributed by atoms with E-state index >= 15 is 0 Å². The maximum atomic E-state index is 12.0. The number of aromatic hydroxyl groups is 1. The molecule has 0 saturated heterocycles. The maximum Gasteiger partial charge on any atom is 0.322 e. The van der Waals surface area contributed by atoms with Crippen molar-refractivity contribution in [2.45, 2.75) is 0 Å². The Morgan fingerprint density at radius 2 is 1.81 bits per heavy atom. The van der Waals surface area contributed by atoms with Gasteiger partial charge in [0.1, 0.15) is 22.6 Å². The summed E-state index contributed by atoms with van der Waals surface area (Å²) >= 11 is 3.28. The minimum Gasteiger partial charge on any atom is -0.505 e. The molecule has 0 unspecified atom stereocenters. The Labute approximate surface area is 156 Å². The first-order valence-electron chi connectivity index (χ1n) is 7.51. The number of carboxylic acids is 1. The smallest absolute Gasteiger partial charge is 0.322 e. The summed E-state index contributed by atoms with van der Waals surface area (Å²) in [5, 5.41) is 22.1. The lowest BCUT2D eigenvalue weighted by Gasteiger charge is -2.11. The second kappa shape index (κ2) is 7.40. The van der Waals surface area contributed by atoms with Crippen molar-refractivity contribution in [2.75, 3.05) is 6.54 Å². The van der Waals surface area contributed by atoms with Gasteiger partial charge in [-0.15, -0.1) is 0 Å². The van der Waals surface area contributed by atoms with Crippen LogP contribution in [-0.4, -0.2) is 33.6 Å². The number of benzene rings is 2.